The summed E-state index contributed by atoms with van der Waals surface area (Å²) >= 11 is 0. The number of hydrogen-bond acceptors (Lipinski definition) is 1. The predicted octanol–water partition coefficient (Wildman–Crippen LogP) is 3.39. The SMILES string of the molecule is OCc1ccccc1C(C(F)(F)F)C(F)(F)F. The van der Waals surface area contributed by atoms with Gasteiger partial charge in [-0.2, -0.15) is 26.3 Å². The monoisotopic (exact) mass is 258 g/mol. The Bertz CT molecular complexity index is 367. The van der Waals surface area contributed by atoms with E-state index < -0.39 is 30.4 Å². The summed E-state index contributed by atoms with van der Waals surface area (Å²) in [6.45, 7) is -0.876. The minimum absolute atomic E-state index is 0.382. The molecule has 96 valence electrons. The summed E-state index contributed by atoms with van der Waals surface area (Å²) in [5.74, 6) is -3.57. The molecule has 0 aliphatic heterocycles. The molecule has 0 saturated heterocycles. The van der Waals surface area contributed by atoms with Crippen LogP contribution >= 0.6 is 0 Å². The molecule has 0 aromatic heterocycles. The third kappa shape index (κ3) is 3.12. The van der Waals surface area contributed by atoms with Crippen LogP contribution in [0.1, 0.15) is 17.0 Å². The van der Waals surface area contributed by atoms with Crippen LogP contribution < -0.4 is 0 Å². The van der Waals surface area contributed by atoms with Crippen LogP contribution in [0.5, 0.6) is 0 Å². The number of aliphatic hydroxyl groups is 1. The lowest BCUT2D eigenvalue weighted by atomic mass is 9.93. The minimum atomic E-state index is -5.44. The van der Waals surface area contributed by atoms with Gasteiger partial charge in [-0.05, 0) is 11.1 Å². The summed E-state index contributed by atoms with van der Waals surface area (Å²) in [4.78, 5) is 0. The van der Waals surface area contributed by atoms with Gasteiger partial charge in [0, 0.05) is 0 Å². The molecule has 0 bridgehead atoms. The number of halogens is 6. The first-order chi connectivity index (χ1) is 7.68. The number of aliphatic hydroxyl groups excluding tert-OH is 1. The lowest BCUT2D eigenvalue weighted by molar-refractivity contribution is -0.253. The zero-order chi connectivity index (χ0) is 13.3. The number of hydrogen-bond donors (Lipinski definition) is 1. The second kappa shape index (κ2) is 4.56. The van der Waals surface area contributed by atoms with Crippen molar-refractivity contribution < 1.29 is 31.4 Å². The topological polar surface area (TPSA) is 20.2 Å². The Kier molecular flexibility index (Phi) is 3.71. The number of rotatable bonds is 2. The Morgan fingerprint density at radius 3 is 1.82 bits per heavy atom. The van der Waals surface area contributed by atoms with Crippen LogP contribution in [0, 0.1) is 0 Å². The molecule has 1 N–H and O–H groups in total. The van der Waals surface area contributed by atoms with E-state index >= 15 is 0 Å². The van der Waals surface area contributed by atoms with Crippen LogP contribution in [0.25, 0.3) is 0 Å². The molecule has 17 heavy (non-hydrogen) atoms. The molecule has 0 spiro atoms. The molecule has 1 rings (SSSR count). The molecule has 0 unspecified atom stereocenters. The van der Waals surface area contributed by atoms with Gasteiger partial charge < -0.3 is 5.11 Å². The second-order valence-electron chi connectivity index (χ2n) is 3.37. The Labute approximate surface area is 92.7 Å². The molecule has 1 aromatic rings. The van der Waals surface area contributed by atoms with Gasteiger partial charge >= 0.3 is 12.4 Å². The molecule has 0 amide bonds. The normalized spacial score (nSPS) is 13.2. The van der Waals surface area contributed by atoms with E-state index in [9.17, 15) is 26.3 Å². The highest BCUT2D eigenvalue weighted by atomic mass is 19.4. The lowest BCUT2D eigenvalue weighted by Gasteiger charge is -2.24. The van der Waals surface area contributed by atoms with Crippen molar-refractivity contribution in [3.63, 3.8) is 0 Å². The molecule has 7 heteroatoms. The highest BCUT2D eigenvalue weighted by Crippen LogP contribution is 2.47. The molecule has 0 aliphatic rings. The number of alkyl halides is 6. The number of benzene rings is 1. The van der Waals surface area contributed by atoms with E-state index in [4.69, 9.17) is 5.11 Å². The third-order valence-electron chi connectivity index (χ3n) is 2.19. The van der Waals surface area contributed by atoms with Crippen molar-refractivity contribution in [3.8, 4) is 0 Å². The molecule has 0 fully saturated rings. The van der Waals surface area contributed by atoms with Crippen molar-refractivity contribution in [2.75, 3.05) is 0 Å². The van der Waals surface area contributed by atoms with E-state index in [2.05, 4.69) is 0 Å². The maximum absolute atomic E-state index is 12.4. The zero-order valence-corrected chi connectivity index (χ0v) is 8.31. The average molecular weight is 258 g/mol. The highest BCUT2D eigenvalue weighted by molar-refractivity contribution is 5.32. The van der Waals surface area contributed by atoms with Crippen molar-refractivity contribution >= 4 is 0 Å². The summed E-state index contributed by atoms with van der Waals surface area (Å²) in [6.07, 6.45) is -10.9. The zero-order valence-electron chi connectivity index (χ0n) is 8.31. The summed E-state index contributed by atoms with van der Waals surface area (Å²) in [5.41, 5.74) is -1.35. The molecule has 1 aromatic carbocycles. The van der Waals surface area contributed by atoms with Crippen molar-refractivity contribution in [3.05, 3.63) is 35.4 Å². The van der Waals surface area contributed by atoms with Crippen LogP contribution in [0.3, 0.4) is 0 Å². The van der Waals surface area contributed by atoms with E-state index in [-0.39, 0.29) is 5.56 Å². The first-order valence-electron chi connectivity index (χ1n) is 4.50. The summed E-state index contributed by atoms with van der Waals surface area (Å²) < 4.78 is 74.5. The Balaban J connectivity index is 3.33. The smallest absolute Gasteiger partial charge is 0.392 e. The van der Waals surface area contributed by atoms with Crippen LogP contribution in [0.4, 0.5) is 26.3 Å². The fraction of sp³-hybridized carbons (Fsp3) is 0.400. The molecular formula is C10H8F6O. The van der Waals surface area contributed by atoms with Crippen molar-refractivity contribution in [2.24, 2.45) is 0 Å². The molecule has 0 saturated carbocycles. The van der Waals surface area contributed by atoms with Gasteiger partial charge in [0.25, 0.3) is 0 Å². The molecule has 1 nitrogen and oxygen atoms in total. The fourth-order valence-corrected chi connectivity index (χ4v) is 1.50. The highest BCUT2D eigenvalue weighted by Gasteiger charge is 2.57. The van der Waals surface area contributed by atoms with Gasteiger partial charge in [0.15, 0.2) is 5.92 Å². The van der Waals surface area contributed by atoms with Crippen LogP contribution in [-0.2, 0) is 6.61 Å². The maximum Gasteiger partial charge on any atom is 0.404 e. The largest absolute Gasteiger partial charge is 0.404 e. The van der Waals surface area contributed by atoms with Crippen molar-refractivity contribution in [1.29, 1.82) is 0 Å². The lowest BCUT2D eigenvalue weighted by Crippen LogP contribution is -2.34. The Hall–Kier alpha value is -1.24. The van der Waals surface area contributed by atoms with Gasteiger partial charge in [-0.1, -0.05) is 24.3 Å². The Morgan fingerprint density at radius 2 is 1.41 bits per heavy atom. The first kappa shape index (κ1) is 13.8. The fourth-order valence-electron chi connectivity index (χ4n) is 1.50. The van der Waals surface area contributed by atoms with Crippen LogP contribution in [0.15, 0.2) is 24.3 Å². The van der Waals surface area contributed by atoms with Crippen LogP contribution in [0.2, 0.25) is 0 Å². The van der Waals surface area contributed by atoms with E-state index in [1.807, 2.05) is 0 Å². The molecule has 0 radical (unpaired) electrons. The maximum atomic E-state index is 12.4. The summed E-state index contributed by atoms with van der Waals surface area (Å²) in [5, 5.41) is 8.76. The molecule has 0 heterocycles. The third-order valence-corrected chi connectivity index (χ3v) is 2.19. The quantitative estimate of drug-likeness (QED) is 0.806. The van der Waals surface area contributed by atoms with Gasteiger partial charge in [-0.15, -0.1) is 0 Å². The van der Waals surface area contributed by atoms with Crippen LogP contribution in [-0.4, -0.2) is 17.5 Å². The molecule has 0 atom stereocenters. The average Bonchev–Trinajstić information content (AvgIpc) is 2.14. The van der Waals surface area contributed by atoms with Gasteiger partial charge in [-0.25, -0.2) is 0 Å². The van der Waals surface area contributed by atoms with Gasteiger partial charge in [-0.3, -0.25) is 0 Å². The van der Waals surface area contributed by atoms with E-state index in [1.165, 1.54) is 6.07 Å². The van der Waals surface area contributed by atoms with Gasteiger partial charge in [0.2, 0.25) is 0 Å². The molecule has 0 aliphatic carbocycles. The second-order valence-corrected chi connectivity index (χ2v) is 3.37. The van der Waals surface area contributed by atoms with Crippen molar-refractivity contribution in [1.82, 2.24) is 0 Å². The predicted molar refractivity (Wildman–Crippen MR) is 47.2 cm³/mol. The van der Waals surface area contributed by atoms with Gasteiger partial charge in [0.05, 0.1) is 6.61 Å². The molecular weight excluding hydrogens is 250 g/mol. The minimum Gasteiger partial charge on any atom is -0.392 e. The summed E-state index contributed by atoms with van der Waals surface area (Å²) in [7, 11) is 0. The van der Waals surface area contributed by atoms with Crippen molar-refractivity contribution in [2.45, 2.75) is 24.9 Å². The van der Waals surface area contributed by atoms with E-state index in [1.54, 1.807) is 0 Å². The van der Waals surface area contributed by atoms with Gasteiger partial charge in [0.1, 0.15) is 0 Å². The van der Waals surface area contributed by atoms with E-state index in [0.29, 0.717) is 0 Å². The Morgan fingerprint density at radius 1 is 0.941 bits per heavy atom. The van der Waals surface area contributed by atoms with E-state index in [0.717, 1.165) is 18.2 Å². The standard InChI is InChI=1S/C10H8F6O/c11-9(12,13)8(10(14,15)16)7-4-2-1-3-6(7)5-17/h1-4,8,17H,5H2. The first-order valence-corrected chi connectivity index (χ1v) is 4.50. The summed E-state index contributed by atoms with van der Waals surface area (Å²) in [6, 6.07) is 4.08.